The average molecular weight is 507 g/mol. The molecule has 194 valence electrons. The Kier molecular flexibility index (Phi) is 9.69. The van der Waals surface area contributed by atoms with Crippen molar-refractivity contribution >= 4 is 11.8 Å². The molecule has 2 amide bonds. The number of methoxy groups -OCH3 is 1. The van der Waals surface area contributed by atoms with Crippen LogP contribution in [0.4, 0.5) is 0 Å². The average Bonchev–Trinajstić information content (AvgIpc) is 2.97. The van der Waals surface area contributed by atoms with E-state index in [1.807, 2.05) is 115 Å². The predicted octanol–water partition coefficient (Wildman–Crippen LogP) is 5.24. The molecule has 5 heteroatoms. The van der Waals surface area contributed by atoms with Gasteiger partial charge in [-0.3, -0.25) is 9.59 Å². The van der Waals surface area contributed by atoms with Crippen LogP contribution in [0.15, 0.2) is 115 Å². The quantitative estimate of drug-likeness (QED) is 0.286. The molecule has 0 saturated heterocycles. The summed E-state index contributed by atoms with van der Waals surface area (Å²) >= 11 is 0. The third-order valence-electron chi connectivity index (χ3n) is 6.54. The summed E-state index contributed by atoms with van der Waals surface area (Å²) in [5.41, 5.74) is 4.02. The normalized spacial score (nSPS) is 11.4. The Morgan fingerprint density at radius 2 is 1.26 bits per heavy atom. The number of carbonyl (C=O) groups excluding carboxylic acids is 2. The van der Waals surface area contributed by atoms with Crippen LogP contribution in [-0.2, 0) is 35.4 Å². The van der Waals surface area contributed by atoms with Gasteiger partial charge in [0.1, 0.15) is 11.8 Å². The third kappa shape index (κ3) is 7.81. The molecule has 4 aromatic carbocycles. The molecule has 0 aliphatic rings. The molecule has 5 nitrogen and oxygen atoms in total. The van der Waals surface area contributed by atoms with E-state index in [1.54, 1.807) is 12.0 Å². The van der Waals surface area contributed by atoms with Crippen molar-refractivity contribution in [3.05, 3.63) is 138 Å². The maximum atomic E-state index is 13.7. The van der Waals surface area contributed by atoms with Crippen LogP contribution in [-0.4, -0.2) is 36.4 Å². The molecule has 0 fully saturated rings. The minimum Gasteiger partial charge on any atom is -0.497 e. The lowest BCUT2D eigenvalue weighted by molar-refractivity contribution is -0.140. The summed E-state index contributed by atoms with van der Waals surface area (Å²) in [6, 6.07) is 36.6. The van der Waals surface area contributed by atoms with Crippen LogP contribution in [0.3, 0.4) is 0 Å². The standard InChI is InChI=1S/C33H34N2O3/c1-38-30-19-17-26(18-20-30)21-22-34-33(37)31(23-27-11-5-2-6-12-27)35(25-29-15-9-4-10-16-29)32(36)24-28-13-7-3-8-14-28/h2-20,31H,21-25H2,1H3,(H,34,37)/t31-/m0/s1. The molecule has 38 heavy (non-hydrogen) atoms. The van der Waals surface area contributed by atoms with Crippen LogP contribution < -0.4 is 10.1 Å². The summed E-state index contributed by atoms with van der Waals surface area (Å²) in [7, 11) is 1.64. The second-order valence-electron chi connectivity index (χ2n) is 9.26. The highest BCUT2D eigenvalue weighted by Crippen LogP contribution is 2.17. The number of nitrogens with zero attached hydrogens (tertiary/aromatic N) is 1. The summed E-state index contributed by atoms with van der Waals surface area (Å²) in [5.74, 6) is 0.570. The fourth-order valence-electron chi connectivity index (χ4n) is 4.45. The highest BCUT2D eigenvalue weighted by molar-refractivity contribution is 5.88. The number of benzene rings is 4. The molecule has 0 heterocycles. The molecule has 0 spiro atoms. The first kappa shape index (κ1) is 26.7. The second kappa shape index (κ2) is 13.8. The SMILES string of the molecule is COc1ccc(CCNC(=O)[C@H](Cc2ccccc2)N(Cc2ccccc2)C(=O)Cc2ccccc2)cc1. The molecule has 4 rings (SSSR count). The van der Waals surface area contributed by atoms with Gasteiger partial charge in [-0.1, -0.05) is 103 Å². The number of hydrogen-bond donors (Lipinski definition) is 1. The van der Waals surface area contributed by atoms with Gasteiger partial charge in [-0.05, 0) is 40.8 Å². The van der Waals surface area contributed by atoms with Crippen LogP contribution in [0.1, 0.15) is 22.3 Å². The van der Waals surface area contributed by atoms with Gasteiger partial charge in [0.25, 0.3) is 0 Å². The Morgan fingerprint density at radius 1 is 0.711 bits per heavy atom. The number of nitrogens with one attached hydrogen (secondary N) is 1. The van der Waals surface area contributed by atoms with E-state index in [4.69, 9.17) is 4.74 Å². The summed E-state index contributed by atoms with van der Waals surface area (Å²) in [6.07, 6.45) is 1.35. The summed E-state index contributed by atoms with van der Waals surface area (Å²) in [5, 5.41) is 3.10. The second-order valence-corrected chi connectivity index (χ2v) is 9.26. The number of carbonyl (C=O) groups is 2. The fourth-order valence-corrected chi connectivity index (χ4v) is 4.45. The van der Waals surface area contributed by atoms with Crippen molar-refractivity contribution < 1.29 is 14.3 Å². The molecule has 0 radical (unpaired) electrons. The van der Waals surface area contributed by atoms with E-state index in [9.17, 15) is 9.59 Å². The largest absolute Gasteiger partial charge is 0.497 e. The van der Waals surface area contributed by atoms with E-state index < -0.39 is 6.04 Å². The monoisotopic (exact) mass is 506 g/mol. The number of amides is 2. The zero-order valence-electron chi connectivity index (χ0n) is 21.8. The van der Waals surface area contributed by atoms with Gasteiger partial charge in [0.15, 0.2) is 0 Å². The summed E-state index contributed by atoms with van der Waals surface area (Å²) < 4.78 is 5.23. The molecular weight excluding hydrogens is 472 g/mol. The van der Waals surface area contributed by atoms with Gasteiger partial charge in [0.2, 0.25) is 11.8 Å². The zero-order chi connectivity index (χ0) is 26.6. The van der Waals surface area contributed by atoms with E-state index in [1.165, 1.54) is 0 Å². The van der Waals surface area contributed by atoms with E-state index in [0.29, 0.717) is 25.9 Å². The topological polar surface area (TPSA) is 58.6 Å². The van der Waals surface area contributed by atoms with Crippen LogP contribution in [0, 0.1) is 0 Å². The minimum atomic E-state index is -0.648. The van der Waals surface area contributed by atoms with Gasteiger partial charge in [-0.25, -0.2) is 0 Å². The van der Waals surface area contributed by atoms with Gasteiger partial charge >= 0.3 is 0 Å². The fraction of sp³-hybridized carbons (Fsp3) is 0.212. The molecule has 0 aromatic heterocycles. The Hall–Kier alpha value is -4.38. The predicted molar refractivity (Wildman–Crippen MR) is 151 cm³/mol. The first-order chi connectivity index (χ1) is 18.6. The maximum absolute atomic E-state index is 13.7. The molecule has 0 aliphatic carbocycles. The Balaban J connectivity index is 1.56. The number of rotatable bonds is 12. The van der Waals surface area contributed by atoms with Gasteiger partial charge < -0.3 is 15.0 Å². The molecule has 1 N–H and O–H groups in total. The first-order valence-corrected chi connectivity index (χ1v) is 12.9. The molecule has 0 aliphatic heterocycles. The van der Waals surface area contributed by atoms with Crippen LogP contribution in [0.25, 0.3) is 0 Å². The molecule has 1 atom stereocenters. The van der Waals surface area contributed by atoms with Crippen molar-refractivity contribution in [3.63, 3.8) is 0 Å². The number of ether oxygens (including phenoxy) is 1. The van der Waals surface area contributed by atoms with Gasteiger partial charge in [0.05, 0.1) is 13.5 Å². The number of hydrogen-bond acceptors (Lipinski definition) is 3. The Labute approximate surface area is 225 Å². The van der Waals surface area contributed by atoms with Crippen molar-refractivity contribution in [2.75, 3.05) is 13.7 Å². The summed E-state index contributed by atoms with van der Waals surface area (Å²) in [4.78, 5) is 29.2. The first-order valence-electron chi connectivity index (χ1n) is 12.9. The highest BCUT2D eigenvalue weighted by atomic mass is 16.5. The third-order valence-corrected chi connectivity index (χ3v) is 6.54. The Morgan fingerprint density at radius 3 is 1.84 bits per heavy atom. The van der Waals surface area contributed by atoms with Gasteiger partial charge in [-0.2, -0.15) is 0 Å². The van der Waals surface area contributed by atoms with Crippen LogP contribution in [0.5, 0.6) is 5.75 Å². The van der Waals surface area contributed by atoms with Crippen LogP contribution >= 0.6 is 0 Å². The van der Waals surface area contributed by atoms with Crippen molar-refractivity contribution in [2.45, 2.75) is 31.8 Å². The van der Waals surface area contributed by atoms with Gasteiger partial charge in [-0.15, -0.1) is 0 Å². The molecule has 0 unspecified atom stereocenters. The Bertz CT molecular complexity index is 1280. The minimum absolute atomic E-state index is 0.0775. The molecule has 0 saturated carbocycles. The lowest BCUT2D eigenvalue weighted by Crippen LogP contribution is -2.51. The zero-order valence-corrected chi connectivity index (χ0v) is 21.8. The van der Waals surface area contributed by atoms with Crippen molar-refractivity contribution in [1.29, 1.82) is 0 Å². The maximum Gasteiger partial charge on any atom is 0.243 e. The smallest absolute Gasteiger partial charge is 0.243 e. The van der Waals surface area contributed by atoms with Crippen molar-refractivity contribution in [3.8, 4) is 5.75 Å². The summed E-state index contributed by atoms with van der Waals surface area (Å²) in [6.45, 7) is 0.832. The van der Waals surface area contributed by atoms with E-state index in [2.05, 4.69) is 5.32 Å². The van der Waals surface area contributed by atoms with Crippen molar-refractivity contribution in [2.24, 2.45) is 0 Å². The van der Waals surface area contributed by atoms with E-state index >= 15 is 0 Å². The molecular formula is C33H34N2O3. The molecule has 0 bridgehead atoms. The highest BCUT2D eigenvalue weighted by Gasteiger charge is 2.30. The molecule has 4 aromatic rings. The van der Waals surface area contributed by atoms with E-state index in [-0.39, 0.29) is 18.2 Å². The lowest BCUT2D eigenvalue weighted by atomic mass is 10.0. The van der Waals surface area contributed by atoms with Crippen LogP contribution in [0.2, 0.25) is 0 Å². The lowest BCUT2D eigenvalue weighted by Gasteiger charge is -2.31. The van der Waals surface area contributed by atoms with Crippen molar-refractivity contribution in [1.82, 2.24) is 10.2 Å². The van der Waals surface area contributed by atoms with Gasteiger partial charge in [0, 0.05) is 19.5 Å². The van der Waals surface area contributed by atoms with E-state index in [0.717, 1.165) is 28.0 Å².